The van der Waals surface area contributed by atoms with Gasteiger partial charge in [-0.15, -0.1) is 0 Å². The Hall–Kier alpha value is -5.00. The molecule has 0 aliphatic carbocycles. The molecule has 6 nitrogen and oxygen atoms in total. The third kappa shape index (κ3) is 5.73. The van der Waals surface area contributed by atoms with Crippen LogP contribution in [0.15, 0.2) is 78.9 Å². The molecule has 12 heteroatoms. The fraction of sp³-hybridized carbons (Fsp3) is 0.133. The first-order valence-corrected chi connectivity index (χ1v) is 12.5. The molecule has 0 saturated heterocycles. The maximum Gasteiger partial charge on any atom is 0.418 e. The van der Waals surface area contributed by atoms with E-state index in [2.05, 4.69) is 15.7 Å². The van der Waals surface area contributed by atoms with Crippen LogP contribution >= 0.6 is 0 Å². The zero-order chi connectivity index (χ0) is 30.0. The van der Waals surface area contributed by atoms with Gasteiger partial charge in [0, 0.05) is 34.3 Å². The van der Waals surface area contributed by atoms with Gasteiger partial charge in [-0.1, -0.05) is 48.5 Å². The third-order valence-electron chi connectivity index (χ3n) is 6.56. The lowest BCUT2D eigenvalue weighted by atomic mass is 10.0. The monoisotopic (exact) mass is 584 g/mol. The van der Waals surface area contributed by atoms with E-state index in [-0.39, 0.29) is 28.7 Å². The number of anilines is 1. The van der Waals surface area contributed by atoms with Crippen molar-refractivity contribution < 1.29 is 35.9 Å². The average Bonchev–Trinajstić information content (AvgIpc) is 3.34. The highest BCUT2D eigenvalue weighted by atomic mass is 19.4. The molecule has 0 aliphatic rings. The Balaban J connectivity index is 1.45. The number of ether oxygens (including phenoxy) is 1. The number of nitrogens with one attached hydrogen (secondary N) is 2. The zero-order valence-corrected chi connectivity index (χ0v) is 21.9. The van der Waals surface area contributed by atoms with Crippen molar-refractivity contribution in [2.45, 2.75) is 19.3 Å². The summed E-state index contributed by atoms with van der Waals surface area (Å²) in [5, 5.41) is 9.61. The number of rotatable bonds is 7. The number of nitrogens with zero attached hydrogens (tertiary/aromatic N) is 2. The van der Waals surface area contributed by atoms with Crippen molar-refractivity contribution >= 4 is 22.6 Å². The summed E-state index contributed by atoms with van der Waals surface area (Å²) in [6, 6.07) is 18.1. The van der Waals surface area contributed by atoms with Crippen molar-refractivity contribution in [2.24, 2.45) is 0 Å². The van der Waals surface area contributed by atoms with Crippen LogP contribution in [-0.2, 0) is 19.3 Å². The Morgan fingerprint density at radius 1 is 0.881 bits per heavy atom. The van der Waals surface area contributed by atoms with Gasteiger partial charge in [-0.05, 0) is 30.3 Å². The lowest BCUT2D eigenvalue weighted by molar-refractivity contribution is -0.136. The lowest BCUT2D eigenvalue weighted by Gasteiger charge is -2.12. The Morgan fingerprint density at radius 2 is 1.62 bits per heavy atom. The van der Waals surface area contributed by atoms with E-state index in [9.17, 15) is 31.1 Å². The van der Waals surface area contributed by atoms with Crippen molar-refractivity contribution in [3.63, 3.8) is 0 Å². The van der Waals surface area contributed by atoms with Crippen molar-refractivity contribution in [1.82, 2.24) is 15.1 Å². The second-order valence-electron chi connectivity index (χ2n) is 9.24. The molecule has 2 N–H and O–H groups in total. The molecule has 5 aromatic rings. The van der Waals surface area contributed by atoms with Gasteiger partial charge in [-0.25, -0.2) is 18.0 Å². The number of aromatic nitrogens is 2. The maximum absolute atomic E-state index is 14.5. The van der Waals surface area contributed by atoms with Crippen LogP contribution in [0.3, 0.4) is 0 Å². The van der Waals surface area contributed by atoms with Gasteiger partial charge < -0.3 is 15.4 Å². The number of para-hydroxylation sites is 1. The number of halogens is 6. The summed E-state index contributed by atoms with van der Waals surface area (Å²) in [5.41, 5.74) is 0.0287. The van der Waals surface area contributed by atoms with E-state index >= 15 is 0 Å². The summed E-state index contributed by atoms with van der Waals surface area (Å²) in [5.74, 6) is -3.93. The fourth-order valence-corrected chi connectivity index (χ4v) is 4.56. The van der Waals surface area contributed by atoms with Crippen LogP contribution in [0.25, 0.3) is 22.2 Å². The van der Waals surface area contributed by atoms with Gasteiger partial charge in [0.25, 0.3) is 0 Å². The number of amides is 2. The summed E-state index contributed by atoms with van der Waals surface area (Å²) >= 11 is 0. The predicted octanol–water partition coefficient (Wildman–Crippen LogP) is 7.52. The third-order valence-corrected chi connectivity index (χ3v) is 6.56. The van der Waals surface area contributed by atoms with E-state index in [1.807, 2.05) is 6.07 Å². The molecule has 42 heavy (non-hydrogen) atoms. The maximum atomic E-state index is 14.5. The van der Waals surface area contributed by atoms with Gasteiger partial charge in [0.05, 0.1) is 24.9 Å². The van der Waals surface area contributed by atoms with Crippen LogP contribution in [0.2, 0.25) is 0 Å². The summed E-state index contributed by atoms with van der Waals surface area (Å²) in [7, 11) is 1.52. The Morgan fingerprint density at radius 3 is 2.33 bits per heavy atom. The number of urea groups is 1. The van der Waals surface area contributed by atoms with Crippen molar-refractivity contribution in [2.75, 3.05) is 12.4 Å². The minimum absolute atomic E-state index is 0.114. The van der Waals surface area contributed by atoms with E-state index in [4.69, 9.17) is 4.74 Å². The highest BCUT2D eigenvalue weighted by Gasteiger charge is 2.34. The summed E-state index contributed by atoms with van der Waals surface area (Å²) in [6.07, 6.45) is -4.73. The molecule has 0 aliphatic heterocycles. The van der Waals surface area contributed by atoms with E-state index in [0.717, 1.165) is 28.4 Å². The normalized spacial score (nSPS) is 11.5. The SMILES string of the molecule is COc1ccccc1CNC(=O)Nc1ccc(-c2c3cccc(C(F)(F)F)c3nn2Cc2ccc(F)c(F)c2F)cc1. The molecular formula is C30H22F6N4O2. The molecule has 0 radical (unpaired) electrons. The fourth-order valence-electron chi connectivity index (χ4n) is 4.56. The largest absolute Gasteiger partial charge is 0.496 e. The molecule has 5 rings (SSSR count). The second-order valence-corrected chi connectivity index (χ2v) is 9.24. The van der Waals surface area contributed by atoms with Gasteiger partial charge in [-0.2, -0.15) is 18.3 Å². The lowest BCUT2D eigenvalue weighted by Crippen LogP contribution is -2.28. The van der Waals surface area contributed by atoms with Crippen molar-refractivity contribution in [3.8, 4) is 17.0 Å². The summed E-state index contributed by atoms with van der Waals surface area (Å²) in [4.78, 5) is 12.5. The van der Waals surface area contributed by atoms with Crippen molar-refractivity contribution in [1.29, 1.82) is 0 Å². The highest BCUT2D eigenvalue weighted by Crippen LogP contribution is 2.38. The van der Waals surface area contributed by atoms with Gasteiger partial charge >= 0.3 is 12.2 Å². The number of methoxy groups -OCH3 is 1. The van der Waals surface area contributed by atoms with Crippen LogP contribution in [-0.4, -0.2) is 22.9 Å². The molecular weight excluding hydrogens is 562 g/mol. The first-order valence-electron chi connectivity index (χ1n) is 12.5. The molecule has 216 valence electrons. The molecule has 2 amide bonds. The van der Waals surface area contributed by atoms with Crippen LogP contribution in [0.5, 0.6) is 5.75 Å². The first-order chi connectivity index (χ1) is 20.1. The van der Waals surface area contributed by atoms with Gasteiger partial charge in [0.2, 0.25) is 0 Å². The Kier molecular flexibility index (Phi) is 7.79. The van der Waals surface area contributed by atoms with Gasteiger partial charge in [-0.3, -0.25) is 4.68 Å². The van der Waals surface area contributed by atoms with E-state index in [0.29, 0.717) is 17.0 Å². The van der Waals surface area contributed by atoms with Gasteiger partial charge in [0.15, 0.2) is 17.5 Å². The molecule has 1 aromatic heterocycles. The van der Waals surface area contributed by atoms with Gasteiger partial charge in [0.1, 0.15) is 11.3 Å². The van der Waals surface area contributed by atoms with E-state index < -0.39 is 41.8 Å². The minimum atomic E-state index is -4.73. The molecule has 0 spiro atoms. The summed E-state index contributed by atoms with van der Waals surface area (Å²) in [6.45, 7) is -0.281. The smallest absolute Gasteiger partial charge is 0.418 e. The topological polar surface area (TPSA) is 68.2 Å². The second kappa shape index (κ2) is 11.5. The first kappa shape index (κ1) is 28.5. The van der Waals surface area contributed by atoms with Crippen molar-refractivity contribution in [3.05, 3.63) is 113 Å². The molecule has 0 saturated carbocycles. The Bertz CT molecular complexity index is 1770. The highest BCUT2D eigenvalue weighted by molar-refractivity contribution is 5.96. The number of hydrogen-bond acceptors (Lipinski definition) is 3. The predicted molar refractivity (Wildman–Crippen MR) is 144 cm³/mol. The molecule has 1 heterocycles. The zero-order valence-electron chi connectivity index (χ0n) is 21.9. The molecule has 0 atom stereocenters. The number of fused-ring (bicyclic) bond motifs is 1. The van der Waals surface area contributed by atoms with E-state index in [1.165, 1.54) is 31.4 Å². The van der Waals surface area contributed by atoms with Crippen LogP contribution in [0.1, 0.15) is 16.7 Å². The number of benzene rings is 4. The molecule has 0 unspecified atom stereocenters. The standard InChI is InChI=1S/C30H22F6N4O2/c1-42-24-8-3-2-5-18(24)15-37-29(41)38-20-12-9-17(10-13-20)28-21-6-4-7-22(30(34,35)36)27(21)39-40(28)16-19-11-14-23(31)26(33)25(19)32/h2-14H,15-16H2,1H3,(H2,37,38,41). The molecule has 4 aromatic carbocycles. The molecule has 0 fully saturated rings. The average molecular weight is 585 g/mol. The number of carbonyl (C=O) groups is 1. The number of hydrogen-bond donors (Lipinski definition) is 2. The summed E-state index contributed by atoms with van der Waals surface area (Å²) < 4.78 is 89.6. The van der Waals surface area contributed by atoms with Crippen LogP contribution in [0.4, 0.5) is 36.8 Å². The quantitative estimate of drug-likeness (QED) is 0.154. The van der Waals surface area contributed by atoms with Crippen LogP contribution < -0.4 is 15.4 Å². The number of carbonyl (C=O) groups excluding carboxylic acids is 1. The number of alkyl halides is 3. The Labute approximate surface area is 235 Å². The van der Waals surface area contributed by atoms with E-state index in [1.54, 1.807) is 30.3 Å². The minimum Gasteiger partial charge on any atom is -0.496 e. The molecule has 0 bridgehead atoms. The van der Waals surface area contributed by atoms with Crippen LogP contribution in [0, 0.1) is 17.5 Å².